The summed E-state index contributed by atoms with van der Waals surface area (Å²) in [5, 5.41) is 16.5. The molecule has 0 unspecified atom stereocenters. The fourth-order valence-electron chi connectivity index (χ4n) is 1.76. The average Bonchev–Trinajstić information content (AvgIpc) is 3.23. The predicted molar refractivity (Wildman–Crippen MR) is 100 cm³/mol. The Morgan fingerprint density at radius 2 is 2.20 bits per heavy atom. The molecule has 0 saturated carbocycles. The number of thioether (sulfide) groups is 1. The van der Waals surface area contributed by atoms with Gasteiger partial charge in [0.15, 0.2) is 5.13 Å². The number of hydrogen-bond acceptors (Lipinski definition) is 8. The summed E-state index contributed by atoms with van der Waals surface area (Å²) in [5.74, 6) is 0.454. The summed E-state index contributed by atoms with van der Waals surface area (Å²) in [5.41, 5.74) is 4.62. The van der Waals surface area contributed by atoms with Gasteiger partial charge in [0, 0.05) is 5.38 Å². The highest BCUT2D eigenvalue weighted by Gasteiger charge is 2.09. The number of aromatic amines is 1. The topological polar surface area (TPSA) is 108 Å². The molecular formula is C15H15N7OS2. The molecule has 0 fully saturated rings. The molecule has 0 atom stereocenters. The Morgan fingerprint density at radius 1 is 1.36 bits per heavy atom. The number of anilines is 2. The van der Waals surface area contributed by atoms with E-state index in [9.17, 15) is 4.79 Å². The number of aromatic nitrogens is 4. The number of aryl methyl sites for hydroxylation is 1. The van der Waals surface area contributed by atoms with Gasteiger partial charge < -0.3 is 5.32 Å². The van der Waals surface area contributed by atoms with E-state index in [4.69, 9.17) is 0 Å². The molecule has 0 spiro atoms. The summed E-state index contributed by atoms with van der Waals surface area (Å²) in [6.45, 7) is 1.88. The Bertz CT molecular complexity index is 860. The molecule has 10 heteroatoms. The van der Waals surface area contributed by atoms with E-state index in [2.05, 4.69) is 36.0 Å². The molecule has 2 aromatic heterocycles. The normalized spacial score (nSPS) is 10.9. The van der Waals surface area contributed by atoms with Crippen molar-refractivity contribution in [3.05, 3.63) is 47.0 Å². The maximum atomic E-state index is 11.9. The van der Waals surface area contributed by atoms with Crippen LogP contribution in [0.1, 0.15) is 11.3 Å². The molecule has 0 aliphatic heterocycles. The van der Waals surface area contributed by atoms with Crippen LogP contribution in [0.15, 0.2) is 46.0 Å². The van der Waals surface area contributed by atoms with Gasteiger partial charge in [0.05, 0.1) is 17.7 Å². The van der Waals surface area contributed by atoms with Crippen molar-refractivity contribution in [3.63, 3.8) is 0 Å². The number of carbonyl (C=O) groups is 1. The monoisotopic (exact) mass is 373 g/mol. The van der Waals surface area contributed by atoms with E-state index in [1.165, 1.54) is 23.1 Å². The van der Waals surface area contributed by atoms with Crippen LogP contribution in [-0.4, -0.2) is 38.0 Å². The van der Waals surface area contributed by atoms with Gasteiger partial charge in [0.1, 0.15) is 0 Å². The minimum atomic E-state index is -0.152. The van der Waals surface area contributed by atoms with E-state index in [0.29, 0.717) is 16.2 Å². The molecule has 3 N–H and O–H groups in total. The number of hydrogen-bond donors (Lipinski definition) is 3. The SMILES string of the molecule is Cc1csc(NC(=O)CSc2n[nH]c(N/N=C\c3ccccc3)n2)n1. The van der Waals surface area contributed by atoms with Crippen LogP contribution < -0.4 is 10.7 Å². The van der Waals surface area contributed by atoms with Crippen LogP contribution in [0.2, 0.25) is 0 Å². The van der Waals surface area contributed by atoms with Crippen molar-refractivity contribution in [3.8, 4) is 0 Å². The third kappa shape index (κ3) is 5.40. The summed E-state index contributed by atoms with van der Waals surface area (Å²) >= 11 is 2.62. The summed E-state index contributed by atoms with van der Waals surface area (Å²) in [6.07, 6.45) is 1.68. The second kappa shape index (κ2) is 8.40. The van der Waals surface area contributed by atoms with E-state index in [0.717, 1.165) is 11.3 Å². The Hall–Kier alpha value is -2.72. The van der Waals surface area contributed by atoms with Crippen molar-refractivity contribution in [1.82, 2.24) is 20.2 Å². The highest BCUT2D eigenvalue weighted by Crippen LogP contribution is 2.17. The molecule has 1 aromatic carbocycles. The van der Waals surface area contributed by atoms with Crippen molar-refractivity contribution < 1.29 is 4.79 Å². The van der Waals surface area contributed by atoms with Gasteiger partial charge in [-0.25, -0.2) is 15.5 Å². The molecule has 25 heavy (non-hydrogen) atoms. The molecule has 3 aromatic rings. The molecule has 1 amide bonds. The maximum Gasteiger partial charge on any atom is 0.240 e. The number of amides is 1. The molecule has 0 saturated heterocycles. The number of H-pyrrole nitrogens is 1. The van der Waals surface area contributed by atoms with Gasteiger partial charge in [-0.15, -0.1) is 16.4 Å². The summed E-state index contributed by atoms with van der Waals surface area (Å²) in [4.78, 5) is 20.2. The quantitative estimate of drug-likeness (QED) is 0.334. The minimum absolute atomic E-state index is 0.152. The number of rotatable bonds is 7. The van der Waals surface area contributed by atoms with Crippen LogP contribution in [0.3, 0.4) is 0 Å². The zero-order valence-electron chi connectivity index (χ0n) is 13.3. The third-order valence-electron chi connectivity index (χ3n) is 2.85. The Labute approximate surface area is 152 Å². The van der Waals surface area contributed by atoms with Gasteiger partial charge in [-0.2, -0.15) is 10.1 Å². The highest BCUT2D eigenvalue weighted by molar-refractivity contribution is 7.99. The molecule has 0 bridgehead atoms. The smallest absolute Gasteiger partial charge is 0.240 e. The van der Waals surface area contributed by atoms with E-state index >= 15 is 0 Å². The summed E-state index contributed by atoms with van der Waals surface area (Å²) < 4.78 is 0. The largest absolute Gasteiger partial charge is 0.301 e. The standard InChI is InChI=1S/C15H15N7OS2/c1-10-8-24-14(17-10)18-12(23)9-25-15-19-13(21-22-15)20-16-7-11-5-3-2-4-6-11/h2-8H,9H2,1H3,(H,17,18,23)(H2,19,20,21,22)/b16-7-. The van der Waals surface area contributed by atoms with Crippen molar-refractivity contribution >= 4 is 46.3 Å². The molecule has 0 aliphatic rings. The van der Waals surface area contributed by atoms with Crippen molar-refractivity contribution in [2.24, 2.45) is 5.10 Å². The second-order valence-corrected chi connectivity index (χ2v) is 6.68. The number of nitrogens with zero attached hydrogens (tertiary/aromatic N) is 4. The predicted octanol–water partition coefficient (Wildman–Crippen LogP) is 2.75. The Balaban J connectivity index is 1.45. The third-order valence-corrected chi connectivity index (χ3v) is 4.57. The fraction of sp³-hybridized carbons (Fsp3) is 0.133. The zero-order valence-corrected chi connectivity index (χ0v) is 14.9. The number of thiazole rings is 1. The van der Waals surface area contributed by atoms with Crippen molar-refractivity contribution in [2.45, 2.75) is 12.1 Å². The van der Waals surface area contributed by atoms with Gasteiger partial charge >= 0.3 is 0 Å². The first-order valence-corrected chi connectivity index (χ1v) is 9.17. The van der Waals surface area contributed by atoms with Crippen LogP contribution in [0.5, 0.6) is 0 Å². The summed E-state index contributed by atoms with van der Waals surface area (Å²) in [7, 11) is 0. The van der Waals surface area contributed by atoms with Gasteiger partial charge in [-0.3, -0.25) is 4.79 Å². The average molecular weight is 373 g/mol. The number of benzene rings is 1. The second-order valence-electron chi connectivity index (χ2n) is 4.88. The van der Waals surface area contributed by atoms with E-state index in [-0.39, 0.29) is 11.7 Å². The van der Waals surface area contributed by atoms with Crippen LogP contribution in [0, 0.1) is 6.92 Å². The molecule has 0 radical (unpaired) electrons. The minimum Gasteiger partial charge on any atom is -0.301 e. The first-order valence-electron chi connectivity index (χ1n) is 7.30. The lowest BCUT2D eigenvalue weighted by atomic mass is 10.2. The van der Waals surface area contributed by atoms with Crippen molar-refractivity contribution in [1.29, 1.82) is 0 Å². The van der Waals surface area contributed by atoms with E-state index < -0.39 is 0 Å². The molecule has 0 aliphatic carbocycles. The molecule has 3 rings (SSSR count). The number of hydrazone groups is 1. The van der Waals surface area contributed by atoms with Gasteiger partial charge in [0.2, 0.25) is 17.0 Å². The molecule has 128 valence electrons. The van der Waals surface area contributed by atoms with E-state index in [1.807, 2.05) is 42.6 Å². The van der Waals surface area contributed by atoms with Crippen LogP contribution in [-0.2, 0) is 4.79 Å². The van der Waals surface area contributed by atoms with Gasteiger partial charge in [-0.1, -0.05) is 42.1 Å². The van der Waals surface area contributed by atoms with Crippen molar-refractivity contribution in [2.75, 3.05) is 16.5 Å². The molecule has 8 nitrogen and oxygen atoms in total. The maximum absolute atomic E-state index is 11.9. The van der Waals surface area contributed by atoms with E-state index in [1.54, 1.807) is 6.21 Å². The lowest BCUT2D eigenvalue weighted by Gasteiger charge is -1.98. The first kappa shape index (κ1) is 17.1. The lowest BCUT2D eigenvalue weighted by Crippen LogP contribution is -2.13. The zero-order chi connectivity index (χ0) is 17.5. The van der Waals surface area contributed by atoms with Crippen LogP contribution in [0.25, 0.3) is 0 Å². The van der Waals surface area contributed by atoms with Gasteiger partial charge in [0.25, 0.3) is 0 Å². The number of carbonyl (C=O) groups excluding carboxylic acids is 1. The van der Waals surface area contributed by atoms with Crippen LogP contribution in [0.4, 0.5) is 11.1 Å². The summed E-state index contributed by atoms with van der Waals surface area (Å²) in [6, 6.07) is 9.69. The fourth-order valence-corrected chi connectivity index (χ4v) is 3.07. The molecular weight excluding hydrogens is 358 g/mol. The Morgan fingerprint density at radius 3 is 2.96 bits per heavy atom. The first-order chi connectivity index (χ1) is 12.2. The highest BCUT2D eigenvalue weighted by atomic mass is 32.2. The molecule has 2 heterocycles. The van der Waals surface area contributed by atoms with Crippen LogP contribution >= 0.6 is 23.1 Å². The number of nitrogens with one attached hydrogen (secondary N) is 3. The lowest BCUT2D eigenvalue weighted by molar-refractivity contribution is -0.113. The van der Waals surface area contributed by atoms with Gasteiger partial charge in [-0.05, 0) is 12.5 Å². The Kier molecular flexibility index (Phi) is 5.75.